The maximum Gasteiger partial charge on any atom is 0.137 e. The third-order valence-electron chi connectivity index (χ3n) is 3.22. The topological polar surface area (TPSA) is 38.9 Å². The van der Waals surface area contributed by atoms with Crippen LogP contribution in [0.3, 0.4) is 0 Å². The Bertz CT molecular complexity index is 774. The van der Waals surface area contributed by atoms with Crippen molar-refractivity contribution in [3.63, 3.8) is 0 Å². The molecule has 0 bridgehead atoms. The van der Waals surface area contributed by atoms with E-state index in [4.69, 9.17) is 5.73 Å². The van der Waals surface area contributed by atoms with Gasteiger partial charge in [-0.05, 0) is 42.8 Å². The molecular weight excluding hydrogens is 283 g/mol. The molecule has 0 amide bonds. The molecule has 1 aromatic heterocycles. The lowest BCUT2D eigenvalue weighted by atomic mass is 10.1. The Labute approximate surface area is 127 Å². The number of benzene rings is 2. The summed E-state index contributed by atoms with van der Waals surface area (Å²) in [6.07, 6.45) is 0.731. The fourth-order valence-electron chi connectivity index (χ4n) is 2.20. The minimum absolute atomic E-state index is 0.226. The van der Waals surface area contributed by atoms with Crippen molar-refractivity contribution in [1.29, 1.82) is 0 Å². The van der Waals surface area contributed by atoms with E-state index < -0.39 is 0 Å². The highest BCUT2D eigenvalue weighted by Gasteiger charge is 2.10. The van der Waals surface area contributed by atoms with Crippen LogP contribution in [0.15, 0.2) is 64.5 Å². The van der Waals surface area contributed by atoms with E-state index >= 15 is 0 Å². The van der Waals surface area contributed by atoms with Crippen molar-refractivity contribution < 1.29 is 4.39 Å². The van der Waals surface area contributed by atoms with Gasteiger partial charge >= 0.3 is 0 Å². The molecule has 0 aliphatic rings. The van der Waals surface area contributed by atoms with Gasteiger partial charge in [-0.3, -0.25) is 0 Å². The number of fused-ring (bicyclic) bond motifs is 1. The minimum atomic E-state index is -0.226. The molecule has 3 aromatic rings. The Morgan fingerprint density at radius 2 is 1.81 bits per heavy atom. The van der Waals surface area contributed by atoms with Crippen LogP contribution >= 0.6 is 11.8 Å². The van der Waals surface area contributed by atoms with Gasteiger partial charge in [0.1, 0.15) is 10.8 Å². The van der Waals surface area contributed by atoms with E-state index in [0.717, 1.165) is 27.9 Å². The third-order valence-corrected chi connectivity index (χ3v) is 4.32. The molecule has 4 heteroatoms. The zero-order chi connectivity index (χ0) is 14.7. The van der Waals surface area contributed by atoms with Crippen molar-refractivity contribution in [3.8, 4) is 0 Å². The van der Waals surface area contributed by atoms with Crippen LogP contribution in [-0.4, -0.2) is 11.5 Å². The lowest BCUT2D eigenvalue weighted by Gasteiger charge is -2.10. The molecule has 0 aliphatic carbocycles. The van der Waals surface area contributed by atoms with E-state index in [1.54, 1.807) is 12.1 Å². The van der Waals surface area contributed by atoms with E-state index in [1.165, 1.54) is 17.8 Å². The summed E-state index contributed by atoms with van der Waals surface area (Å²) in [5.74, 6) is -0.226. The number of pyridine rings is 1. The Morgan fingerprint density at radius 1 is 1.05 bits per heavy atom. The van der Waals surface area contributed by atoms with Crippen LogP contribution in [0.4, 0.5) is 4.39 Å². The van der Waals surface area contributed by atoms with Gasteiger partial charge in [0.25, 0.3) is 0 Å². The predicted molar refractivity (Wildman–Crippen MR) is 85.0 cm³/mol. The smallest absolute Gasteiger partial charge is 0.137 e. The van der Waals surface area contributed by atoms with Gasteiger partial charge in [0.05, 0.1) is 5.52 Å². The van der Waals surface area contributed by atoms with E-state index in [-0.39, 0.29) is 5.82 Å². The maximum atomic E-state index is 13.8. The van der Waals surface area contributed by atoms with Gasteiger partial charge in [0, 0.05) is 10.3 Å². The summed E-state index contributed by atoms with van der Waals surface area (Å²) < 4.78 is 13.8. The highest BCUT2D eigenvalue weighted by molar-refractivity contribution is 7.99. The number of nitrogens with zero attached hydrogens (tertiary/aromatic N) is 1. The van der Waals surface area contributed by atoms with Crippen molar-refractivity contribution >= 4 is 22.7 Å². The number of hydrogen-bond acceptors (Lipinski definition) is 3. The van der Waals surface area contributed by atoms with Crippen LogP contribution in [0.2, 0.25) is 0 Å². The Kier molecular flexibility index (Phi) is 4.18. The first-order chi connectivity index (χ1) is 10.3. The number of para-hydroxylation sites is 1. The Hall–Kier alpha value is -1.91. The van der Waals surface area contributed by atoms with Gasteiger partial charge in [-0.25, -0.2) is 9.37 Å². The first-order valence-electron chi connectivity index (χ1n) is 6.79. The average molecular weight is 298 g/mol. The molecule has 0 atom stereocenters. The Morgan fingerprint density at radius 3 is 2.62 bits per heavy atom. The summed E-state index contributed by atoms with van der Waals surface area (Å²) in [6.45, 7) is 0.546. The highest BCUT2D eigenvalue weighted by atomic mass is 32.2. The lowest BCUT2D eigenvalue weighted by Crippen LogP contribution is -2.05. The van der Waals surface area contributed by atoms with Crippen molar-refractivity contribution in [2.75, 3.05) is 6.54 Å². The SMILES string of the molecule is NCCc1cc2ccccc2nc1Sc1ccccc1F. The summed E-state index contributed by atoms with van der Waals surface area (Å²) in [7, 11) is 0. The molecule has 106 valence electrons. The molecule has 0 spiro atoms. The molecule has 1 heterocycles. The molecule has 0 saturated heterocycles. The van der Waals surface area contributed by atoms with Crippen LogP contribution in [0.1, 0.15) is 5.56 Å². The third kappa shape index (κ3) is 3.06. The molecule has 21 heavy (non-hydrogen) atoms. The molecule has 0 radical (unpaired) electrons. The monoisotopic (exact) mass is 298 g/mol. The molecule has 2 N–H and O–H groups in total. The van der Waals surface area contributed by atoms with Gasteiger partial charge in [-0.1, -0.05) is 42.1 Å². The standard InChI is InChI=1S/C17H15FN2S/c18-14-6-2-4-8-16(14)21-17-13(9-10-19)11-12-5-1-3-7-15(12)20-17/h1-8,11H,9-10,19H2. The van der Waals surface area contributed by atoms with Crippen molar-refractivity contribution in [2.45, 2.75) is 16.3 Å². The van der Waals surface area contributed by atoms with Gasteiger partial charge in [0.2, 0.25) is 0 Å². The van der Waals surface area contributed by atoms with Crippen LogP contribution in [0.5, 0.6) is 0 Å². The summed E-state index contributed by atoms with van der Waals surface area (Å²) in [6, 6.07) is 16.8. The summed E-state index contributed by atoms with van der Waals surface area (Å²) >= 11 is 1.35. The second kappa shape index (κ2) is 6.24. The van der Waals surface area contributed by atoms with Crippen molar-refractivity contribution in [2.24, 2.45) is 5.73 Å². The first-order valence-corrected chi connectivity index (χ1v) is 7.60. The zero-order valence-electron chi connectivity index (χ0n) is 11.4. The fourth-order valence-corrected chi connectivity index (χ4v) is 3.15. The summed E-state index contributed by atoms with van der Waals surface area (Å²) in [4.78, 5) is 5.25. The Balaban J connectivity index is 2.07. The maximum absolute atomic E-state index is 13.8. The van der Waals surface area contributed by atoms with Gasteiger partial charge in [-0.15, -0.1) is 0 Å². The molecule has 2 nitrogen and oxygen atoms in total. The summed E-state index contributed by atoms with van der Waals surface area (Å²) in [5, 5.41) is 1.91. The predicted octanol–water partition coefficient (Wildman–Crippen LogP) is 4.03. The van der Waals surface area contributed by atoms with Gasteiger partial charge in [-0.2, -0.15) is 0 Å². The molecular formula is C17H15FN2S. The van der Waals surface area contributed by atoms with Crippen LogP contribution in [0.25, 0.3) is 10.9 Å². The normalized spacial score (nSPS) is 11.0. The first kappa shape index (κ1) is 14.0. The number of hydrogen-bond donors (Lipinski definition) is 1. The second-order valence-corrected chi connectivity index (χ2v) is 5.75. The second-order valence-electron chi connectivity index (χ2n) is 4.72. The fraction of sp³-hybridized carbons (Fsp3) is 0.118. The van der Waals surface area contributed by atoms with Crippen LogP contribution < -0.4 is 5.73 Å². The molecule has 0 aliphatic heterocycles. The number of rotatable bonds is 4. The molecule has 2 aromatic carbocycles. The van der Waals surface area contributed by atoms with E-state index in [2.05, 4.69) is 11.1 Å². The van der Waals surface area contributed by atoms with Crippen LogP contribution in [-0.2, 0) is 6.42 Å². The number of halogens is 1. The quantitative estimate of drug-likeness (QED) is 0.790. The largest absolute Gasteiger partial charge is 0.330 e. The van der Waals surface area contributed by atoms with Crippen molar-refractivity contribution in [1.82, 2.24) is 4.98 Å². The highest BCUT2D eigenvalue weighted by Crippen LogP contribution is 2.32. The molecule has 0 saturated carbocycles. The molecule has 3 rings (SSSR count). The number of nitrogens with two attached hydrogens (primary N) is 1. The summed E-state index contributed by atoms with van der Waals surface area (Å²) in [5.41, 5.74) is 7.66. The van der Waals surface area contributed by atoms with E-state index in [0.29, 0.717) is 11.4 Å². The number of aromatic nitrogens is 1. The van der Waals surface area contributed by atoms with Gasteiger partial charge in [0.15, 0.2) is 0 Å². The minimum Gasteiger partial charge on any atom is -0.330 e. The van der Waals surface area contributed by atoms with Gasteiger partial charge < -0.3 is 5.73 Å². The zero-order valence-corrected chi connectivity index (χ0v) is 12.2. The van der Waals surface area contributed by atoms with E-state index in [1.807, 2.05) is 30.3 Å². The average Bonchev–Trinajstić information content (AvgIpc) is 2.50. The molecule has 0 unspecified atom stereocenters. The van der Waals surface area contributed by atoms with E-state index in [9.17, 15) is 4.39 Å². The lowest BCUT2D eigenvalue weighted by molar-refractivity contribution is 0.602. The molecule has 0 fully saturated rings. The van der Waals surface area contributed by atoms with Crippen LogP contribution in [0, 0.1) is 5.82 Å². The van der Waals surface area contributed by atoms with Crippen molar-refractivity contribution in [3.05, 3.63) is 66.0 Å².